The first-order valence-corrected chi connectivity index (χ1v) is 5.55. The maximum absolute atomic E-state index is 5.91. The molecule has 1 rings (SSSR count). The van der Waals surface area contributed by atoms with Crippen LogP contribution in [0.2, 0.25) is 0 Å². The van der Waals surface area contributed by atoms with Crippen LogP contribution in [0.1, 0.15) is 33.6 Å². The minimum absolute atomic E-state index is 0.162. The number of piperidine rings is 1. The Kier molecular flexibility index (Phi) is 3.56. The van der Waals surface area contributed by atoms with Crippen LogP contribution in [0, 0.1) is 0 Å². The fourth-order valence-electron chi connectivity index (χ4n) is 2.22. The number of rotatable bonds is 2. The Labute approximate surface area is 88.0 Å². The van der Waals surface area contributed by atoms with Gasteiger partial charge in [0.15, 0.2) is 0 Å². The van der Waals surface area contributed by atoms with E-state index in [0.29, 0.717) is 0 Å². The first-order chi connectivity index (χ1) is 6.37. The molecule has 1 saturated heterocycles. The number of hydrogen-bond acceptors (Lipinski definition) is 3. The minimum Gasteiger partial charge on any atom is -0.329 e. The summed E-state index contributed by atoms with van der Waals surface area (Å²) in [6, 6.07) is 0. The lowest BCUT2D eigenvalue weighted by atomic mass is 9.85. The van der Waals surface area contributed by atoms with E-state index in [4.69, 9.17) is 5.73 Å². The van der Waals surface area contributed by atoms with Gasteiger partial charge in [0.1, 0.15) is 0 Å². The molecule has 3 heteroatoms. The number of nitrogens with zero attached hydrogens (tertiary/aromatic N) is 1. The van der Waals surface area contributed by atoms with Crippen molar-refractivity contribution in [2.45, 2.75) is 44.7 Å². The van der Waals surface area contributed by atoms with E-state index in [2.05, 4.69) is 38.0 Å². The molecule has 0 spiro atoms. The number of likely N-dealkylation sites (tertiary alicyclic amines) is 1. The van der Waals surface area contributed by atoms with Gasteiger partial charge in [0.2, 0.25) is 0 Å². The smallest absolute Gasteiger partial charge is 0.0332 e. The highest BCUT2D eigenvalue weighted by Gasteiger charge is 2.34. The average Bonchev–Trinajstić information content (AvgIpc) is 2.07. The van der Waals surface area contributed by atoms with Crippen LogP contribution in [0.4, 0.5) is 0 Å². The number of hydrogen-bond donors (Lipinski definition) is 2. The molecule has 0 radical (unpaired) electrons. The normalized spacial score (nSPS) is 23.8. The van der Waals surface area contributed by atoms with Gasteiger partial charge in [0.05, 0.1) is 0 Å². The molecule has 0 aliphatic carbocycles. The van der Waals surface area contributed by atoms with Crippen molar-refractivity contribution in [3.63, 3.8) is 0 Å². The second-order valence-corrected chi connectivity index (χ2v) is 5.66. The molecule has 0 unspecified atom stereocenters. The lowest BCUT2D eigenvalue weighted by molar-refractivity contribution is 0.134. The summed E-state index contributed by atoms with van der Waals surface area (Å²) in [6.07, 6.45) is 2.33. The van der Waals surface area contributed by atoms with Crippen LogP contribution in [0.3, 0.4) is 0 Å². The Balaban J connectivity index is 2.59. The first-order valence-electron chi connectivity index (χ1n) is 5.55. The molecule has 1 aliphatic rings. The van der Waals surface area contributed by atoms with Gasteiger partial charge in [-0.2, -0.15) is 0 Å². The van der Waals surface area contributed by atoms with E-state index >= 15 is 0 Å². The van der Waals surface area contributed by atoms with Crippen LogP contribution >= 0.6 is 0 Å². The topological polar surface area (TPSA) is 41.3 Å². The molecule has 84 valence electrons. The highest BCUT2D eigenvalue weighted by molar-refractivity contribution is 4.97. The summed E-state index contributed by atoms with van der Waals surface area (Å²) in [4.78, 5) is 2.37. The molecule has 1 fully saturated rings. The Morgan fingerprint density at radius 3 is 2.14 bits per heavy atom. The maximum Gasteiger partial charge on any atom is 0.0332 e. The summed E-state index contributed by atoms with van der Waals surface area (Å²) < 4.78 is 0. The van der Waals surface area contributed by atoms with E-state index in [1.165, 1.54) is 0 Å². The quantitative estimate of drug-likeness (QED) is 0.691. The molecule has 0 amide bonds. The standard InChI is InChI=1S/C11H25N3/c1-10(2,3)13-11(9-12)5-7-14(4)8-6-11/h13H,5-9,12H2,1-4H3. The average molecular weight is 199 g/mol. The molecule has 1 aliphatic heterocycles. The van der Waals surface area contributed by atoms with E-state index in [1.807, 2.05) is 0 Å². The Morgan fingerprint density at radius 1 is 1.29 bits per heavy atom. The highest BCUT2D eigenvalue weighted by Crippen LogP contribution is 2.23. The van der Waals surface area contributed by atoms with Crippen LogP contribution < -0.4 is 11.1 Å². The number of nitrogens with two attached hydrogens (primary N) is 1. The minimum atomic E-state index is 0.162. The van der Waals surface area contributed by atoms with Crippen molar-refractivity contribution in [3.05, 3.63) is 0 Å². The third-order valence-corrected chi connectivity index (χ3v) is 2.98. The maximum atomic E-state index is 5.91. The number of nitrogens with one attached hydrogen (secondary N) is 1. The van der Waals surface area contributed by atoms with Crippen molar-refractivity contribution >= 4 is 0 Å². The van der Waals surface area contributed by atoms with Crippen molar-refractivity contribution < 1.29 is 0 Å². The van der Waals surface area contributed by atoms with E-state index in [-0.39, 0.29) is 11.1 Å². The van der Waals surface area contributed by atoms with Gasteiger partial charge < -0.3 is 16.0 Å². The molecule has 0 saturated carbocycles. The van der Waals surface area contributed by atoms with Crippen LogP contribution in [0.25, 0.3) is 0 Å². The molecular formula is C11H25N3. The summed E-state index contributed by atoms with van der Waals surface area (Å²) >= 11 is 0. The zero-order valence-electron chi connectivity index (χ0n) is 10.1. The lowest BCUT2D eigenvalue weighted by Gasteiger charge is -2.44. The van der Waals surface area contributed by atoms with Crippen LogP contribution in [-0.4, -0.2) is 42.7 Å². The van der Waals surface area contributed by atoms with Crippen LogP contribution in [0.5, 0.6) is 0 Å². The second kappa shape index (κ2) is 4.17. The molecule has 0 aromatic carbocycles. The Morgan fingerprint density at radius 2 is 1.79 bits per heavy atom. The Bertz CT molecular complexity index is 175. The molecule has 3 N–H and O–H groups in total. The van der Waals surface area contributed by atoms with Gasteiger partial charge in [-0.15, -0.1) is 0 Å². The zero-order chi connectivity index (χ0) is 10.8. The largest absolute Gasteiger partial charge is 0.329 e. The van der Waals surface area contributed by atoms with Crippen molar-refractivity contribution in [2.75, 3.05) is 26.7 Å². The van der Waals surface area contributed by atoms with Crippen molar-refractivity contribution in [3.8, 4) is 0 Å². The van der Waals surface area contributed by atoms with E-state index < -0.39 is 0 Å². The van der Waals surface area contributed by atoms with Gasteiger partial charge in [0.25, 0.3) is 0 Å². The van der Waals surface area contributed by atoms with Gasteiger partial charge >= 0.3 is 0 Å². The third-order valence-electron chi connectivity index (χ3n) is 2.98. The SMILES string of the molecule is CN1CCC(CN)(NC(C)(C)C)CC1. The molecule has 1 heterocycles. The monoisotopic (exact) mass is 199 g/mol. The summed E-state index contributed by atoms with van der Waals surface area (Å²) in [5.74, 6) is 0. The summed E-state index contributed by atoms with van der Waals surface area (Å²) in [7, 11) is 2.18. The second-order valence-electron chi connectivity index (χ2n) is 5.66. The third kappa shape index (κ3) is 3.23. The summed E-state index contributed by atoms with van der Waals surface area (Å²) in [5.41, 5.74) is 6.24. The molecule has 14 heavy (non-hydrogen) atoms. The first kappa shape index (κ1) is 12.0. The summed E-state index contributed by atoms with van der Waals surface area (Å²) in [5, 5.41) is 3.69. The van der Waals surface area contributed by atoms with Crippen LogP contribution in [-0.2, 0) is 0 Å². The van der Waals surface area contributed by atoms with Crippen LogP contribution in [0.15, 0.2) is 0 Å². The van der Waals surface area contributed by atoms with Gasteiger partial charge in [0, 0.05) is 17.6 Å². The molecule has 0 aromatic rings. The zero-order valence-corrected chi connectivity index (χ0v) is 10.1. The predicted octanol–water partition coefficient (Wildman–Crippen LogP) is 0.798. The van der Waals surface area contributed by atoms with E-state index in [0.717, 1.165) is 32.5 Å². The van der Waals surface area contributed by atoms with E-state index in [9.17, 15) is 0 Å². The van der Waals surface area contributed by atoms with Crippen molar-refractivity contribution in [1.82, 2.24) is 10.2 Å². The van der Waals surface area contributed by atoms with Crippen molar-refractivity contribution in [1.29, 1.82) is 0 Å². The highest BCUT2D eigenvalue weighted by atomic mass is 15.1. The van der Waals surface area contributed by atoms with Gasteiger partial charge in [-0.3, -0.25) is 0 Å². The lowest BCUT2D eigenvalue weighted by Crippen LogP contribution is -2.62. The molecule has 0 aromatic heterocycles. The molecular weight excluding hydrogens is 174 g/mol. The van der Waals surface area contributed by atoms with Crippen molar-refractivity contribution in [2.24, 2.45) is 5.73 Å². The van der Waals surface area contributed by atoms with E-state index in [1.54, 1.807) is 0 Å². The van der Waals surface area contributed by atoms with Gasteiger partial charge in [-0.25, -0.2) is 0 Å². The molecule has 0 bridgehead atoms. The Hall–Kier alpha value is -0.120. The predicted molar refractivity (Wildman–Crippen MR) is 61.4 cm³/mol. The molecule has 0 atom stereocenters. The van der Waals surface area contributed by atoms with Gasteiger partial charge in [-0.05, 0) is 53.8 Å². The molecule has 3 nitrogen and oxygen atoms in total. The fourth-order valence-corrected chi connectivity index (χ4v) is 2.22. The van der Waals surface area contributed by atoms with Gasteiger partial charge in [-0.1, -0.05) is 0 Å². The fraction of sp³-hybridized carbons (Fsp3) is 1.00. The summed E-state index contributed by atoms with van der Waals surface area (Å²) in [6.45, 7) is 9.69.